The van der Waals surface area contributed by atoms with E-state index in [1.54, 1.807) is 0 Å². The molecule has 1 aliphatic heterocycles. The van der Waals surface area contributed by atoms with Crippen LogP contribution in [0.2, 0.25) is 0 Å². The molecule has 7 atom stereocenters. The van der Waals surface area contributed by atoms with Crippen molar-refractivity contribution in [3.8, 4) is 0 Å². The summed E-state index contributed by atoms with van der Waals surface area (Å²) in [5.74, 6) is 1.42. The number of aliphatic hydroxyl groups excluding tert-OH is 2. The van der Waals surface area contributed by atoms with E-state index in [9.17, 15) is 23.4 Å². The maximum atomic E-state index is 13.2. The standard InChI is InChI=1S/C26H41F3N2O2/c1-17(15-31-11-10-30-24(16-31)26(27,28)29)22-7-8-23-19(4-3-9-25(22,23)2)6-5-18-12-20(32)14-21(33)13-18/h5-6,17,20-24,30,32-33H,3-4,7-16H2,1-2H3/b18-5-,19-6+/t17-,20+,21-,22-,23+,24?,25-/m1/s1. The van der Waals surface area contributed by atoms with Gasteiger partial charge in [-0.05, 0) is 74.5 Å². The van der Waals surface area contributed by atoms with Gasteiger partial charge in [0.25, 0.3) is 0 Å². The third kappa shape index (κ3) is 5.68. The minimum atomic E-state index is -4.19. The molecule has 3 N–H and O–H groups in total. The first-order chi connectivity index (χ1) is 15.6. The van der Waals surface area contributed by atoms with Gasteiger partial charge in [0.15, 0.2) is 0 Å². The third-order valence-corrected chi connectivity index (χ3v) is 9.00. The molecule has 3 aliphatic carbocycles. The highest BCUT2D eigenvalue weighted by atomic mass is 19.4. The SMILES string of the molecule is C[C@H](CN1CCNC(C(F)(F)F)C1)[C@H]1CC[C@H]2/C(=C/C=C3\C[C@@H](O)C[C@@H](O)C3)CCC[C@]12C. The lowest BCUT2D eigenvalue weighted by Gasteiger charge is -2.45. The molecule has 0 radical (unpaired) electrons. The number of allylic oxidation sites excluding steroid dienone is 3. The summed E-state index contributed by atoms with van der Waals surface area (Å²) in [4.78, 5) is 2.01. The van der Waals surface area contributed by atoms with Gasteiger partial charge in [0, 0.05) is 26.2 Å². The van der Waals surface area contributed by atoms with E-state index in [-0.39, 0.29) is 12.0 Å². The van der Waals surface area contributed by atoms with Gasteiger partial charge in [0.2, 0.25) is 0 Å². The molecule has 0 aromatic rings. The quantitative estimate of drug-likeness (QED) is 0.569. The van der Waals surface area contributed by atoms with E-state index >= 15 is 0 Å². The summed E-state index contributed by atoms with van der Waals surface area (Å²) < 4.78 is 39.6. The monoisotopic (exact) mass is 470 g/mol. The number of aliphatic hydroxyl groups is 2. The summed E-state index contributed by atoms with van der Waals surface area (Å²) in [6.07, 6.45) is 6.80. The van der Waals surface area contributed by atoms with Crippen molar-refractivity contribution in [2.75, 3.05) is 26.2 Å². The van der Waals surface area contributed by atoms with E-state index in [4.69, 9.17) is 0 Å². The molecule has 0 aromatic carbocycles. The number of halogens is 3. The van der Waals surface area contributed by atoms with Crippen LogP contribution in [0.25, 0.3) is 0 Å². The Hall–Kier alpha value is -0.890. The third-order valence-electron chi connectivity index (χ3n) is 9.00. The fourth-order valence-electron chi connectivity index (χ4n) is 7.48. The van der Waals surface area contributed by atoms with Gasteiger partial charge in [-0.15, -0.1) is 0 Å². The fraction of sp³-hybridized carbons (Fsp3) is 0.846. The molecule has 0 bridgehead atoms. The highest BCUT2D eigenvalue weighted by Gasteiger charge is 2.51. The number of nitrogens with one attached hydrogen (secondary N) is 1. The van der Waals surface area contributed by atoms with Crippen molar-refractivity contribution in [3.63, 3.8) is 0 Å². The second-order valence-corrected chi connectivity index (χ2v) is 11.4. The highest BCUT2D eigenvalue weighted by Crippen LogP contribution is 2.59. The van der Waals surface area contributed by atoms with E-state index in [0.29, 0.717) is 50.1 Å². The molecule has 0 aromatic heterocycles. The summed E-state index contributed by atoms with van der Waals surface area (Å²) >= 11 is 0. The van der Waals surface area contributed by atoms with Crippen LogP contribution in [0.1, 0.15) is 65.2 Å². The van der Waals surface area contributed by atoms with Crippen molar-refractivity contribution in [2.45, 2.75) is 89.6 Å². The molecule has 4 nitrogen and oxygen atoms in total. The zero-order chi connectivity index (χ0) is 23.8. The number of fused-ring (bicyclic) bond motifs is 1. The molecule has 188 valence electrons. The van der Waals surface area contributed by atoms with E-state index in [1.807, 2.05) is 4.90 Å². The van der Waals surface area contributed by atoms with Crippen molar-refractivity contribution in [1.29, 1.82) is 0 Å². The Labute approximate surface area is 196 Å². The fourth-order valence-corrected chi connectivity index (χ4v) is 7.48. The zero-order valence-corrected chi connectivity index (χ0v) is 20.1. The molecule has 4 rings (SSSR count). The molecule has 0 amide bonds. The Balaban J connectivity index is 1.42. The van der Waals surface area contributed by atoms with Crippen LogP contribution in [0.15, 0.2) is 23.3 Å². The van der Waals surface area contributed by atoms with Gasteiger partial charge in [-0.3, -0.25) is 4.90 Å². The number of rotatable bonds is 4. The number of nitrogens with zero attached hydrogens (tertiary/aromatic N) is 1. The van der Waals surface area contributed by atoms with Crippen LogP contribution in [0.4, 0.5) is 13.2 Å². The first-order valence-electron chi connectivity index (χ1n) is 12.8. The lowest BCUT2D eigenvalue weighted by atomic mass is 9.61. The zero-order valence-electron chi connectivity index (χ0n) is 20.1. The lowest BCUT2D eigenvalue weighted by molar-refractivity contribution is -0.165. The molecular formula is C26H41F3N2O2. The van der Waals surface area contributed by atoms with Crippen molar-refractivity contribution in [3.05, 3.63) is 23.3 Å². The highest BCUT2D eigenvalue weighted by molar-refractivity contribution is 5.26. The van der Waals surface area contributed by atoms with Crippen molar-refractivity contribution < 1.29 is 23.4 Å². The van der Waals surface area contributed by atoms with Crippen molar-refractivity contribution in [1.82, 2.24) is 10.2 Å². The summed E-state index contributed by atoms with van der Waals surface area (Å²) in [5.41, 5.74) is 2.81. The predicted molar refractivity (Wildman–Crippen MR) is 124 cm³/mol. The Kier molecular flexibility index (Phi) is 7.64. The summed E-state index contributed by atoms with van der Waals surface area (Å²) in [7, 11) is 0. The van der Waals surface area contributed by atoms with Crippen LogP contribution in [-0.4, -0.2) is 65.7 Å². The molecular weight excluding hydrogens is 429 g/mol. The van der Waals surface area contributed by atoms with E-state index < -0.39 is 24.4 Å². The van der Waals surface area contributed by atoms with Gasteiger partial charge in [0.1, 0.15) is 6.04 Å². The van der Waals surface area contributed by atoms with Gasteiger partial charge in [0.05, 0.1) is 12.2 Å². The van der Waals surface area contributed by atoms with E-state index in [2.05, 4.69) is 31.3 Å². The number of piperazine rings is 1. The second-order valence-electron chi connectivity index (χ2n) is 11.4. The molecule has 4 aliphatic rings. The van der Waals surface area contributed by atoms with E-state index in [0.717, 1.165) is 37.8 Å². The average Bonchev–Trinajstić information content (AvgIpc) is 3.09. The number of alkyl halides is 3. The molecule has 1 heterocycles. The van der Waals surface area contributed by atoms with Crippen molar-refractivity contribution in [2.24, 2.45) is 23.2 Å². The lowest BCUT2D eigenvalue weighted by Crippen LogP contribution is -2.57. The molecule has 0 spiro atoms. The minimum absolute atomic E-state index is 0.0527. The molecule has 1 unspecified atom stereocenters. The van der Waals surface area contributed by atoms with Gasteiger partial charge >= 0.3 is 6.18 Å². The van der Waals surface area contributed by atoms with Crippen LogP contribution in [0.5, 0.6) is 0 Å². The molecule has 1 saturated heterocycles. The molecule has 33 heavy (non-hydrogen) atoms. The summed E-state index contributed by atoms with van der Waals surface area (Å²) in [6.45, 7) is 6.52. The molecule has 7 heteroatoms. The van der Waals surface area contributed by atoms with Crippen LogP contribution < -0.4 is 5.32 Å². The van der Waals surface area contributed by atoms with Gasteiger partial charge in [-0.25, -0.2) is 0 Å². The van der Waals surface area contributed by atoms with Gasteiger partial charge in [-0.2, -0.15) is 13.2 Å². The summed E-state index contributed by atoms with van der Waals surface area (Å²) in [6, 6.07) is -1.42. The maximum Gasteiger partial charge on any atom is 0.405 e. The van der Waals surface area contributed by atoms with Crippen LogP contribution >= 0.6 is 0 Å². The predicted octanol–water partition coefficient (Wildman–Crippen LogP) is 4.43. The van der Waals surface area contributed by atoms with Crippen molar-refractivity contribution >= 4 is 0 Å². The Morgan fingerprint density at radius 3 is 2.61 bits per heavy atom. The first-order valence-corrected chi connectivity index (χ1v) is 12.8. The van der Waals surface area contributed by atoms with Gasteiger partial charge < -0.3 is 15.5 Å². The Morgan fingerprint density at radius 2 is 1.91 bits per heavy atom. The maximum absolute atomic E-state index is 13.2. The second kappa shape index (κ2) is 10.00. The Bertz CT molecular complexity index is 740. The van der Waals surface area contributed by atoms with Gasteiger partial charge in [-0.1, -0.05) is 37.1 Å². The first kappa shape index (κ1) is 25.2. The van der Waals surface area contributed by atoms with E-state index in [1.165, 1.54) is 12.0 Å². The molecule has 3 saturated carbocycles. The van der Waals surface area contributed by atoms with Crippen LogP contribution in [0, 0.1) is 23.2 Å². The molecule has 4 fully saturated rings. The topological polar surface area (TPSA) is 55.7 Å². The normalized spacial score (nSPS) is 42.0. The minimum Gasteiger partial charge on any atom is -0.393 e. The number of hydrogen-bond acceptors (Lipinski definition) is 4. The Morgan fingerprint density at radius 1 is 1.18 bits per heavy atom. The number of hydrogen-bond donors (Lipinski definition) is 3. The van der Waals surface area contributed by atoms with Crippen LogP contribution in [-0.2, 0) is 0 Å². The van der Waals surface area contributed by atoms with Crippen LogP contribution in [0.3, 0.4) is 0 Å². The summed E-state index contributed by atoms with van der Waals surface area (Å²) in [5, 5.41) is 22.6. The average molecular weight is 471 g/mol. The smallest absolute Gasteiger partial charge is 0.393 e. The largest absolute Gasteiger partial charge is 0.405 e.